The molecule has 0 bridgehead atoms. The minimum absolute atomic E-state index is 0.0197. The van der Waals surface area contributed by atoms with Gasteiger partial charge in [-0.05, 0) is 53.5 Å². The van der Waals surface area contributed by atoms with Crippen LogP contribution < -0.4 is 0 Å². The van der Waals surface area contributed by atoms with Gasteiger partial charge in [-0.3, -0.25) is 19.9 Å². The van der Waals surface area contributed by atoms with E-state index >= 15 is 0 Å². The number of rotatable bonds is 7. The standard InChI is InChI=1S/C23H21N3O3/c1-18-5-2-3-7-21(18)17-25(16-20-6-4-14-24-15-20)23(27)13-10-19-8-11-22(12-9-19)26(28)29/h2-15H,16-17H2,1H3/b13-10+. The first-order valence-electron chi connectivity index (χ1n) is 9.18. The van der Waals surface area contributed by atoms with Crippen LogP contribution in [0, 0.1) is 17.0 Å². The summed E-state index contributed by atoms with van der Waals surface area (Å²) >= 11 is 0. The Morgan fingerprint density at radius 1 is 1.07 bits per heavy atom. The molecule has 0 atom stereocenters. The van der Waals surface area contributed by atoms with Crippen molar-refractivity contribution in [1.29, 1.82) is 0 Å². The van der Waals surface area contributed by atoms with Gasteiger partial charge < -0.3 is 4.90 Å². The first-order chi connectivity index (χ1) is 14.0. The summed E-state index contributed by atoms with van der Waals surface area (Å²) in [6, 6.07) is 17.8. The monoisotopic (exact) mass is 387 g/mol. The van der Waals surface area contributed by atoms with Crippen molar-refractivity contribution in [2.45, 2.75) is 20.0 Å². The molecule has 1 heterocycles. The first kappa shape index (κ1) is 19.9. The summed E-state index contributed by atoms with van der Waals surface area (Å²) in [5.41, 5.74) is 3.88. The van der Waals surface area contributed by atoms with Crippen molar-refractivity contribution in [3.63, 3.8) is 0 Å². The number of carbonyl (C=O) groups is 1. The number of nitrogens with zero attached hydrogens (tertiary/aromatic N) is 3. The van der Waals surface area contributed by atoms with E-state index in [1.54, 1.807) is 35.5 Å². The van der Waals surface area contributed by atoms with E-state index in [4.69, 9.17) is 0 Å². The molecule has 0 radical (unpaired) electrons. The third-order valence-corrected chi connectivity index (χ3v) is 4.55. The van der Waals surface area contributed by atoms with E-state index in [9.17, 15) is 14.9 Å². The number of hydrogen-bond donors (Lipinski definition) is 0. The van der Waals surface area contributed by atoms with E-state index in [2.05, 4.69) is 4.98 Å². The van der Waals surface area contributed by atoms with Gasteiger partial charge in [0.2, 0.25) is 5.91 Å². The molecule has 0 N–H and O–H groups in total. The summed E-state index contributed by atoms with van der Waals surface area (Å²) in [4.78, 5) is 29.1. The maximum absolute atomic E-state index is 12.9. The van der Waals surface area contributed by atoms with Crippen molar-refractivity contribution in [3.8, 4) is 0 Å². The van der Waals surface area contributed by atoms with Crippen molar-refractivity contribution in [2.75, 3.05) is 0 Å². The van der Waals surface area contributed by atoms with Crippen LogP contribution in [0.15, 0.2) is 79.1 Å². The van der Waals surface area contributed by atoms with E-state index in [0.29, 0.717) is 13.1 Å². The topological polar surface area (TPSA) is 76.3 Å². The normalized spacial score (nSPS) is 10.8. The van der Waals surface area contributed by atoms with Crippen LogP contribution in [0.1, 0.15) is 22.3 Å². The van der Waals surface area contributed by atoms with Crippen molar-refractivity contribution >= 4 is 17.7 Å². The summed E-state index contributed by atoms with van der Waals surface area (Å²) in [6.45, 7) is 2.94. The summed E-state index contributed by atoms with van der Waals surface area (Å²) < 4.78 is 0. The van der Waals surface area contributed by atoms with Crippen molar-refractivity contribution in [2.24, 2.45) is 0 Å². The number of aryl methyl sites for hydroxylation is 1. The third kappa shape index (κ3) is 5.59. The van der Waals surface area contributed by atoms with Crippen LogP contribution in [0.3, 0.4) is 0 Å². The summed E-state index contributed by atoms with van der Waals surface area (Å²) in [5, 5.41) is 10.8. The van der Waals surface area contributed by atoms with E-state index in [1.807, 2.05) is 43.3 Å². The van der Waals surface area contributed by atoms with Crippen molar-refractivity contribution in [3.05, 3.63) is 112 Å². The Kier molecular flexibility index (Phi) is 6.47. The minimum Gasteiger partial charge on any atom is -0.330 e. The molecular formula is C23H21N3O3. The van der Waals surface area contributed by atoms with Gasteiger partial charge in [-0.2, -0.15) is 0 Å². The molecule has 29 heavy (non-hydrogen) atoms. The van der Waals surface area contributed by atoms with Crippen LogP contribution in [-0.4, -0.2) is 20.7 Å². The van der Waals surface area contributed by atoms with Gasteiger partial charge in [-0.25, -0.2) is 0 Å². The third-order valence-electron chi connectivity index (χ3n) is 4.55. The highest BCUT2D eigenvalue weighted by Gasteiger charge is 2.13. The van der Waals surface area contributed by atoms with Gasteiger partial charge in [0.25, 0.3) is 5.69 Å². The Morgan fingerprint density at radius 2 is 1.83 bits per heavy atom. The second-order valence-corrected chi connectivity index (χ2v) is 6.66. The van der Waals surface area contributed by atoms with E-state index in [-0.39, 0.29) is 11.6 Å². The molecule has 0 aliphatic rings. The zero-order valence-corrected chi connectivity index (χ0v) is 16.1. The molecular weight excluding hydrogens is 366 g/mol. The average molecular weight is 387 g/mol. The second kappa shape index (κ2) is 9.41. The zero-order chi connectivity index (χ0) is 20.6. The maximum Gasteiger partial charge on any atom is 0.269 e. The number of non-ortho nitro benzene ring substituents is 1. The molecule has 6 heteroatoms. The van der Waals surface area contributed by atoms with Crippen molar-refractivity contribution in [1.82, 2.24) is 9.88 Å². The van der Waals surface area contributed by atoms with E-state index < -0.39 is 4.92 Å². The maximum atomic E-state index is 12.9. The molecule has 2 aromatic carbocycles. The zero-order valence-electron chi connectivity index (χ0n) is 16.1. The highest BCUT2D eigenvalue weighted by Crippen LogP contribution is 2.16. The predicted octanol–water partition coefficient (Wildman–Crippen LogP) is 4.54. The second-order valence-electron chi connectivity index (χ2n) is 6.66. The molecule has 0 saturated heterocycles. The SMILES string of the molecule is Cc1ccccc1CN(Cc1cccnc1)C(=O)/C=C/c1ccc([N+](=O)[O-])cc1. The average Bonchev–Trinajstić information content (AvgIpc) is 2.74. The van der Waals surface area contributed by atoms with E-state index in [0.717, 1.165) is 22.3 Å². The molecule has 1 amide bonds. The lowest BCUT2D eigenvalue weighted by Crippen LogP contribution is -2.28. The van der Waals surface area contributed by atoms with Crippen LogP contribution in [0.2, 0.25) is 0 Å². The largest absolute Gasteiger partial charge is 0.330 e. The van der Waals surface area contributed by atoms with Gasteiger partial charge in [0.05, 0.1) is 4.92 Å². The Balaban J connectivity index is 1.79. The number of hydrogen-bond acceptors (Lipinski definition) is 4. The predicted molar refractivity (Wildman–Crippen MR) is 112 cm³/mol. The van der Waals surface area contributed by atoms with Crippen molar-refractivity contribution < 1.29 is 9.72 Å². The lowest BCUT2D eigenvalue weighted by molar-refractivity contribution is -0.384. The molecule has 6 nitrogen and oxygen atoms in total. The molecule has 1 aromatic heterocycles. The highest BCUT2D eigenvalue weighted by molar-refractivity contribution is 5.91. The Bertz CT molecular complexity index is 1020. The fourth-order valence-electron chi connectivity index (χ4n) is 2.90. The number of amides is 1. The van der Waals surface area contributed by atoms with Gasteiger partial charge >= 0.3 is 0 Å². The molecule has 0 fully saturated rings. The quantitative estimate of drug-likeness (QED) is 0.339. The van der Waals surface area contributed by atoms with Gasteiger partial charge in [0.15, 0.2) is 0 Å². The lowest BCUT2D eigenvalue weighted by Gasteiger charge is -2.22. The highest BCUT2D eigenvalue weighted by atomic mass is 16.6. The van der Waals surface area contributed by atoms with Crippen LogP contribution in [0.25, 0.3) is 6.08 Å². The number of benzene rings is 2. The Morgan fingerprint density at radius 3 is 2.48 bits per heavy atom. The van der Waals surface area contributed by atoms with Gasteiger partial charge in [-0.15, -0.1) is 0 Å². The number of nitro benzene ring substituents is 1. The van der Waals surface area contributed by atoms with Crippen LogP contribution in [-0.2, 0) is 17.9 Å². The van der Waals surface area contributed by atoms with Gasteiger partial charge in [-0.1, -0.05) is 30.3 Å². The van der Waals surface area contributed by atoms with Gasteiger partial charge in [0, 0.05) is 43.7 Å². The summed E-state index contributed by atoms with van der Waals surface area (Å²) in [7, 11) is 0. The van der Waals surface area contributed by atoms with Crippen LogP contribution in [0.5, 0.6) is 0 Å². The summed E-state index contributed by atoms with van der Waals surface area (Å²) in [6.07, 6.45) is 6.61. The number of carbonyl (C=O) groups excluding carboxylic acids is 1. The number of nitro groups is 1. The molecule has 0 aliphatic carbocycles. The lowest BCUT2D eigenvalue weighted by atomic mass is 10.1. The summed E-state index contributed by atoms with van der Waals surface area (Å²) in [5.74, 6) is -0.143. The fourth-order valence-corrected chi connectivity index (χ4v) is 2.90. The van der Waals surface area contributed by atoms with Crippen LogP contribution in [0.4, 0.5) is 5.69 Å². The smallest absolute Gasteiger partial charge is 0.269 e. The molecule has 146 valence electrons. The number of pyridine rings is 1. The molecule has 0 aliphatic heterocycles. The Hall–Kier alpha value is -3.80. The van der Waals surface area contributed by atoms with E-state index in [1.165, 1.54) is 18.2 Å². The molecule has 0 spiro atoms. The first-order valence-corrected chi connectivity index (χ1v) is 9.18. The fraction of sp³-hybridized carbons (Fsp3) is 0.130. The van der Waals surface area contributed by atoms with Crippen LogP contribution >= 0.6 is 0 Å². The molecule has 0 saturated carbocycles. The van der Waals surface area contributed by atoms with Gasteiger partial charge in [0.1, 0.15) is 0 Å². The molecule has 0 unspecified atom stereocenters. The molecule has 3 aromatic rings. The number of aromatic nitrogens is 1. The molecule has 3 rings (SSSR count). The Labute approximate surface area is 169 Å². The minimum atomic E-state index is -0.448.